The van der Waals surface area contributed by atoms with Crippen molar-refractivity contribution in [3.8, 4) is 6.07 Å². The van der Waals surface area contributed by atoms with Gasteiger partial charge in [0.05, 0.1) is 18.1 Å². The van der Waals surface area contributed by atoms with Gasteiger partial charge in [-0.2, -0.15) is 5.26 Å². The van der Waals surface area contributed by atoms with Crippen molar-refractivity contribution in [3.05, 3.63) is 70.9 Å². The number of aromatic nitrogens is 1. The van der Waals surface area contributed by atoms with Crippen LogP contribution in [-0.2, 0) is 16.1 Å². The molecule has 1 N–H and O–H groups in total. The van der Waals surface area contributed by atoms with Gasteiger partial charge in [-0.1, -0.05) is 29.8 Å². The molecule has 1 atom stereocenters. The summed E-state index contributed by atoms with van der Waals surface area (Å²) in [4.78, 5) is 11.8. The van der Waals surface area contributed by atoms with Crippen LogP contribution in [0.25, 0.3) is 10.9 Å². The lowest BCUT2D eigenvalue weighted by atomic mass is 9.87. The van der Waals surface area contributed by atoms with E-state index in [2.05, 4.69) is 22.9 Å². The number of benzene rings is 2. The fourth-order valence-corrected chi connectivity index (χ4v) is 4.50. The van der Waals surface area contributed by atoms with Crippen molar-refractivity contribution in [2.45, 2.75) is 38.6 Å². The molecule has 1 unspecified atom stereocenters. The van der Waals surface area contributed by atoms with Crippen molar-refractivity contribution < 1.29 is 14.6 Å². The predicted octanol–water partition coefficient (Wildman–Crippen LogP) is 4.85. The molecule has 30 heavy (non-hydrogen) atoms. The first kappa shape index (κ1) is 20.2. The van der Waals surface area contributed by atoms with E-state index in [0.29, 0.717) is 11.5 Å². The van der Waals surface area contributed by atoms with E-state index in [1.165, 1.54) is 0 Å². The first-order valence-corrected chi connectivity index (χ1v) is 10.4. The number of nitrogens with zero attached hydrogens (tertiary/aromatic N) is 2. The molecule has 154 valence electrons. The van der Waals surface area contributed by atoms with Crippen LogP contribution in [0.3, 0.4) is 0 Å². The minimum atomic E-state index is -0.830. The third kappa shape index (κ3) is 4.24. The third-order valence-corrected chi connectivity index (χ3v) is 6.04. The van der Waals surface area contributed by atoms with Crippen LogP contribution in [0, 0.1) is 24.2 Å². The summed E-state index contributed by atoms with van der Waals surface area (Å²) < 4.78 is 7.74. The van der Waals surface area contributed by atoms with Crippen molar-refractivity contribution in [2.24, 2.45) is 5.92 Å². The van der Waals surface area contributed by atoms with Crippen LogP contribution in [0.15, 0.2) is 48.7 Å². The van der Waals surface area contributed by atoms with Crippen molar-refractivity contribution in [1.29, 1.82) is 5.26 Å². The number of rotatable bonds is 6. The lowest BCUT2D eigenvalue weighted by Gasteiger charge is -2.23. The Kier molecular flexibility index (Phi) is 5.87. The summed E-state index contributed by atoms with van der Waals surface area (Å²) in [6, 6.07) is 16.0. The zero-order chi connectivity index (χ0) is 21.1. The Morgan fingerprint density at radius 1 is 1.27 bits per heavy atom. The minimum absolute atomic E-state index is 0.0105. The average Bonchev–Trinajstić information content (AvgIpc) is 3.10. The van der Waals surface area contributed by atoms with E-state index in [1.54, 1.807) is 0 Å². The first-order chi connectivity index (χ1) is 14.5. The highest BCUT2D eigenvalue weighted by Crippen LogP contribution is 2.36. The molecule has 1 saturated heterocycles. The Balaban J connectivity index is 1.84. The number of hydrogen-bond donors (Lipinski definition) is 1. The number of aliphatic carboxylic acids is 1. The Morgan fingerprint density at radius 2 is 2.07 bits per heavy atom. The number of nitriles is 1. The van der Waals surface area contributed by atoms with Gasteiger partial charge in [0.15, 0.2) is 0 Å². The van der Waals surface area contributed by atoms with Crippen LogP contribution in [0.1, 0.15) is 47.4 Å². The highest BCUT2D eigenvalue weighted by molar-refractivity contribution is 5.87. The van der Waals surface area contributed by atoms with Crippen molar-refractivity contribution >= 4 is 16.9 Å². The molecule has 4 rings (SSSR count). The van der Waals surface area contributed by atoms with Crippen molar-refractivity contribution in [2.75, 3.05) is 13.2 Å². The van der Waals surface area contributed by atoms with Crippen LogP contribution >= 0.6 is 0 Å². The molecule has 0 bridgehead atoms. The smallest absolute Gasteiger partial charge is 0.304 e. The van der Waals surface area contributed by atoms with Gasteiger partial charge in [0.1, 0.15) is 0 Å². The fourth-order valence-electron chi connectivity index (χ4n) is 4.50. The number of carboxylic acids is 1. The molecule has 1 fully saturated rings. The van der Waals surface area contributed by atoms with E-state index in [4.69, 9.17) is 4.74 Å². The zero-order valence-corrected chi connectivity index (χ0v) is 17.2. The largest absolute Gasteiger partial charge is 0.481 e. The summed E-state index contributed by atoms with van der Waals surface area (Å²) in [5, 5.41) is 20.0. The lowest BCUT2D eigenvalue weighted by molar-refractivity contribution is -0.137. The summed E-state index contributed by atoms with van der Waals surface area (Å²) in [6.07, 6.45) is 4.18. The van der Waals surface area contributed by atoms with Gasteiger partial charge in [-0.15, -0.1) is 0 Å². The van der Waals surface area contributed by atoms with Gasteiger partial charge in [-0.3, -0.25) is 4.79 Å². The summed E-state index contributed by atoms with van der Waals surface area (Å²) in [5.41, 5.74) is 4.71. The molecule has 1 aromatic heterocycles. The molecule has 0 saturated carbocycles. The SMILES string of the molecule is Cc1cccc(C(CC(=O)O)c2cn(CC3CCOCC3)c3ccc(C#N)cc23)c1. The lowest BCUT2D eigenvalue weighted by Crippen LogP contribution is -2.20. The highest BCUT2D eigenvalue weighted by Gasteiger charge is 2.24. The molecule has 5 nitrogen and oxygen atoms in total. The number of ether oxygens (including phenoxy) is 1. The topological polar surface area (TPSA) is 75.2 Å². The molecule has 2 aromatic carbocycles. The quantitative estimate of drug-likeness (QED) is 0.639. The molecule has 0 amide bonds. The van der Waals surface area contributed by atoms with Crippen LogP contribution in [0.4, 0.5) is 0 Å². The maximum atomic E-state index is 11.8. The molecular formula is C25H26N2O3. The zero-order valence-electron chi connectivity index (χ0n) is 17.2. The summed E-state index contributed by atoms with van der Waals surface area (Å²) in [6.45, 7) is 4.48. The number of aryl methyl sites for hydroxylation is 1. The van der Waals surface area contributed by atoms with E-state index in [9.17, 15) is 15.2 Å². The summed E-state index contributed by atoms with van der Waals surface area (Å²) >= 11 is 0. The number of carbonyl (C=O) groups is 1. The molecular weight excluding hydrogens is 376 g/mol. The average molecular weight is 402 g/mol. The second-order valence-electron chi connectivity index (χ2n) is 8.20. The van der Waals surface area contributed by atoms with E-state index >= 15 is 0 Å². The van der Waals surface area contributed by atoms with Crippen LogP contribution in [0.5, 0.6) is 0 Å². The van der Waals surface area contributed by atoms with Gasteiger partial charge in [-0.25, -0.2) is 0 Å². The van der Waals surface area contributed by atoms with Gasteiger partial charge in [0, 0.05) is 42.8 Å². The Bertz CT molecular complexity index is 1100. The highest BCUT2D eigenvalue weighted by atomic mass is 16.5. The second kappa shape index (κ2) is 8.73. The number of carboxylic acid groups (broad SMARTS) is 1. The monoisotopic (exact) mass is 402 g/mol. The van der Waals surface area contributed by atoms with Crippen molar-refractivity contribution in [1.82, 2.24) is 4.57 Å². The maximum absolute atomic E-state index is 11.8. The molecule has 0 radical (unpaired) electrons. The standard InChI is InChI=1S/C25H26N2O3/c1-17-3-2-4-20(11-17)21(13-25(28)29)23-16-27(15-18-7-9-30-10-8-18)24-6-5-19(14-26)12-22(23)24/h2-6,11-12,16,18,21H,7-10,13,15H2,1H3,(H,28,29). The van der Waals surface area contributed by atoms with Gasteiger partial charge >= 0.3 is 5.97 Å². The Morgan fingerprint density at radius 3 is 2.77 bits per heavy atom. The fraction of sp³-hybridized carbons (Fsp3) is 0.360. The third-order valence-electron chi connectivity index (χ3n) is 6.04. The molecule has 1 aliphatic rings. The van der Waals surface area contributed by atoms with Gasteiger partial charge in [-0.05, 0) is 55.0 Å². The molecule has 0 aliphatic carbocycles. The first-order valence-electron chi connectivity index (χ1n) is 10.4. The molecule has 1 aliphatic heterocycles. The van der Waals surface area contributed by atoms with E-state index in [0.717, 1.165) is 60.2 Å². The van der Waals surface area contributed by atoms with E-state index in [1.807, 2.05) is 43.3 Å². The molecule has 0 spiro atoms. The molecule has 3 aromatic rings. The summed E-state index contributed by atoms with van der Waals surface area (Å²) in [7, 11) is 0. The maximum Gasteiger partial charge on any atom is 0.304 e. The van der Waals surface area contributed by atoms with Gasteiger partial charge in [0.2, 0.25) is 0 Å². The molecule has 5 heteroatoms. The van der Waals surface area contributed by atoms with Crippen molar-refractivity contribution in [3.63, 3.8) is 0 Å². The normalized spacial score (nSPS) is 15.7. The predicted molar refractivity (Wildman–Crippen MR) is 115 cm³/mol. The van der Waals surface area contributed by atoms with Gasteiger partial charge < -0.3 is 14.4 Å². The van der Waals surface area contributed by atoms with E-state index < -0.39 is 5.97 Å². The molecule has 2 heterocycles. The van der Waals surface area contributed by atoms with Gasteiger partial charge in [0.25, 0.3) is 0 Å². The Hall–Kier alpha value is -3.10. The minimum Gasteiger partial charge on any atom is -0.481 e. The number of hydrogen-bond acceptors (Lipinski definition) is 3. The van der Waals surface area contributed by atoms with E-state index in [-0.39, 0.29) is 12.3 Å². The second-order valence-corrected chi connectivity index (χ2v) is 8.20. The van der Waals surface area contributed by atoms with Crippen LogP contribution in [0.2, 0.25) is 0 Å². The summed E-state index contributed by atoms with van der Waals surface area (Å²) in [5.74, 6) is -0.562. The van der Waals surface area contributed by atoms with Crippen LogP contribution < -0.4 is 0 Å². The Labute approximate surface area is 176 Å². The number of fused-ring (bicyclic) bond motifs is 1. The van der Waals surface area contributed by atoms with Crippen LogP contribution in [-0.4, -0.2) is 28.9 Å².